The number of hydrogen-bond acceptors (Lipinski definition) is 2. The number of aromatic nitrogens is 2. The van der Waals surface area contributed by atoms with E-state index in [0.29, 0.717) is 19.1 Å². The van der Waals surface area contributed by atoms with Gasteiger partial charge in [-0.05, 0) is 24.5 Å². The quantitative estimate of drug-likeness (QED) is 0.426. The topological polar surface area (TPSA) is 45.5 Å². The zero-order chi connectivity index (χ0) is 16.8. The molecule has 3 rings (SSSR count). The van der Waals surface area contributed by atoms with Crippen LogP contribution in [0.25, 0.3) is 0 Å². The highest BCUT2D eigenvalue weighted by atomic mass is 127. The van der Waals surface area contributed by atoms with Crippen LogP contribution in [0.15, 0.2) is 47.6 Å². The second-order valence-electron chi connectivity index (χ2n) is 6.60. The van der Waals surface area contributed by atoms with E-state index in [0.717, 1.165) is 11.7 Å². The number of hydrogen-bond donors (Lipinski definition) is 1. The molecular formula is C19H28IN5. The van der Waals surface area contributed by atoms with Gasteiger partial charge in [0.2, 0.25) is 0 Å². The summed E-state index contributed by atoms with van der Waals surface area (Å²) in [6, 6.07) is 13.0. The van der Waals surface area contributed by atoms with E-state index < -0.39 is 0 Å². The third-order valence-corrected chi connectivity index (χ3v) is 4.47. The molecule has 1 aliphatic carbocycles. The maximum absolute atomic E-state index is 4.72. The first-order valence-electron chi connectivity index (χ1n) is 8.76. The summed E-state index contributed by atoms with van der Waals surface area (Å²) >= 11 is 0. The molecule has 0 atom stereocenters. The van der Waals surface area contributed by atoms with Crippen LogP contribution in [0.5, 0.6) is 0 Å². The molecule has 5 nitrogen and oxygen atoms in total. The third-order valence-electron chi connectivity index (χ3n) is 4.47. The Kier molecular flexibility index (Phi) is 7.74. The zero-order valence-electron chi connectivity index (χ0n) is 15.1. The Labute approximate surface area is 167 Å². The number of nitrogens with one attached hydrogen (secondary N) is 1. The van der Waals surface area contributed by atoms with E-state index in [4.69, 9.17) is 5.10 Å². The SMILES string of the molecule is CN(C)C(=NCc1ccccc1)NCc1ccn(C2CCCC2)n1.I. The predicted octanol–water partition coefficient (Wildman–Crippen LogP) is 3.82. The van der Waals surface area contributed by atoms with Crippen LogP contribution >= 0.6 is 24.0 Å². The standard InChI is InChI=1S/C19H27N5.HI/c1-23(2)19(20-14-16-8-4-3-5-9-16)21-15-17-12-13-24(22-17)18-10-6-7-11-18;/h3-5,8-9,12-13,18H,6-7,10-11,14-15H2,1-2H3,(H,20,21);1H. The van der Waals surface area contributed by atoms with E-state index in [1.54, 1.807) is 0 Å². The maximum atomic E-state index is 4.72. The van der Waals surface area contributed by atoms with E-state index >= 15 is 0 Å². The van der Waals surface area contributed by atoms with Crippen LogP contribution in [0.4, 0.5) is 0 Å². The Morgan fingerprint density at radius 3 is 2.60 bits per heavy atom. The number of rotatable bonds is 5. The normalized spacial score (nSPS) is 15.0. The van der Waals surface area contributed by atoms with Gasteiger partial charge in [-0.25, -0.2) is 4.99 Å². The van der Waals surface area contributed by atoms with Gasteiger partial charge in [0.25, 0.3) is 0 Å². The summed E-state index contributed by atoms with van der Waals surface area (Å²) in [5.41, 5.74) is 2.28. The second-order valence-corrected chi connectivity index (χ2v) is 6.60. The van der Waals surface area contributed by atoms with E-state index in [9.17, 15) is 0 Å². The first-order valence-corrected chi connectivity index (χ1v) is 8.76. The largest absolute Gasteiger partial charge is 0.351 e. The molecule has 2 aromatic rings. The first-order chi connectivity index (χ1) is 11.7. The van der Waals surface area contributed by atoms with Crippen molar-refractivity contribution in [2.45, 2.75) is 44.8 Å². The van der Waals surface area contributed by atoms with E-state index in [2.05, 4.69) is 39.4 Å². The van der Waals surface area contributed by atoms with Crippen LogP contribution in [0.1, 0.15) is 43.0 Å². The average molecular weight is 453 g/mol. The molecule has 1 fully saturated rings. The molecule has 0 amide bonds. The molecule has 0 unspecified atom stereocenters. The van der Waals surface area contributed by atoms with Crippen LogP contribution < -0.4 is 5.32 Å². The minimum absolute atomic E-state index is 0. The summed E-state index contributed by atoms with van der Waals surface area (Å²) in [7, 11) is 4.02. The molecule has 1 saturated carbocycles. The van der Waals surface area contributed by atoms with Crippen molar-refractivity contribution in [3.05, 3.63) is 53.9 Å². The minimum atomic E-state index is 0. The molecule has 1 aromatic carbocycles. The van der Waals surface area contributed by atoms with Crippen molar-refractivity contribution in [1.82, 2.24) is 20.0 Å². The molecule has 0 aliphatic heterocycles. The van der Waals surface area contributed by atoms with Gasteiger partial charge in [0.05, 0.1) is 24.8 Å². The van der Waals surface area contributed by atoms with E-state index in [-0.39, 0.29) is 24.0 Å². The lowest BCUT2D eigenvalue weighted by Crippen LogP contribution is -2.36. The van der Waals surface area contributed by atoms with Gasteiger partial charge in [-0.1, -0.05) is 43.2 Å². The van der Waals surface area contributed by atoms with Crippen molar-refractivity contribution in [1.29, 1.82) is 0 Å². The van der Waals surface area contributed by atoms with Crippen molar-refractivity contribution in [3.8, 4) is 0 Å². The molecule has 136 valence electrons. The Bertz CT molecular complexity index is 659. The van der Waals surface area contributed by atoms with Crippen LogP contribution in [0.3, 0.4) is 0 Å². The molecule has 0 spiro atoms. The summed E-state index contributed by atoms with van der Waals surface area (Å²) < 4.78 is 2.14. The van der Waals surface area contributed by atoms with Gasteiger partial charge in [-0.2, -0.15) is 5.10 Å². The Hall–Kier alpha value is -1.57. The molecule has 0 bridgehead atoms. The van der Waals surface area contributed by atoms with Gasteiger partial charge in [0.1, 0.15) is 0 Å². The highest BCUT2D eigenvalue weighted by Gasteiger charge is 2.17. The van der Waals surface area contributed by atoms with E-state index in [1.165, 1.54) is 31.2 Å². The van der Waals surface area contributed by atoms with Crippen LogP contribution in [0, 0.1) is 0 Å². The van der Waals surface area contributed by atoms with Gasteiger partial charge in [0.15, 0.2) is 5.96 Å². The minimum Gasteiger partial charge on any atom is -0.351 e. The van der Waals surface area contributed by atoms with Gasteiger partial charge >= 0.3 is 0 Å². The lowest BCUT2D eigenvalue weighted by Gasteiger charge is -2.17. The monoisotopic (exact) mass is 453 g/mol. The van der Waals surface area contributed by atoms with Crippen LogP contribution in [-0.2, 0) is 13.1 Å². The molecule has 0 radical (unpaired) electrons. The fourth-order valence-corrected chi connectivity index (χ4v) is 3.12. The second kappa shape index (κ2) is 9.79. The summed E-state index contributed by atoms with van der Waals surface area (Å²) in [6.07, 6.45) is 7.29. The predicted molar refractivity (Wildman–Crippen MR) is 113 cm³/mol. The summed E-state index contributed by atoms with van der Waals surface area (Å²) in [5, 5.41) is 8.13. The Morgan fingerprint density at radius 1 is 1.20 bits per heavy atom. The first kappa shape index (κ1) is 19.8. The van der Waals surface area contributed by atoms with Crippen molar-refractivity contribution in [2.24, 2.45) is 4.99 Å². The summed E-state index contributed by atoms with van der Waals surface area (Å²) in [5.74, 6) is 0.884. The maximum Gasteiger partial charge on any atom is 0.194 e. The molecule has 1 N–H and O–H groups in total. The average Bonchev–Trinajstić information content (AvgIpc) is 3.27. The Balaban J connectivity index is 0.00000225. The van der Waals surface area contributed by atoms with E-state index in [1.807, 2.05) is 37.2 Å². The number of guanidine groups is 1. The summed E-state index contributed by atoms with van der Waals surface area (Å²) in [4.78, 5) is 6.70. The molecule has 1 aromatic heterocycles. The van der Waals surface area contributed by atoms with Gasteiger partial charge in [-0.15, -0.1) is 24.0 Å². The van der Waals surface area contributed by atoms with Crippen molar-refractivity contribution in [3.63, 3.8) is 0 Å². The molecular weight excluding hydrogens is 425 g/mol. The zero-order valence-corrected chi connectivity index (χ0v) is 17.4. The van der Waals surface area contributed by atoms with Gasteiger partial charge in [-0.3, -0.25) is 4.68 Å². The molecule has 1 heterocycles. The molecule has 1 aliphatic rings. The van der Waals surface area contributed by atoms with Crippen molar-refractivity contribution >= 4 is 29.9 Å². The van der Waals surface area contributed by atoms with Crippen molar-refractivity contribution in [2.75, 3.05) is 14.1 Å². The molecule has 6 heteroatoms. The van der Waals surface area contributed by atoms with Gasteiger partial charge < -0.3 is 10.2 Å². The molecule has 25 heavy (non-hydrogen) atoms. The smallest absolute Gasteiger partial charge is 0.194 e. The Morgan fingerprint density at radius 2 is 1.92 bits per heavy atom. The van der Waals surface area contributed by atoms with Crippen LogP contribution in [-0.4, -0.2) is 34.7 Å². The highest BCUT2D eigenvalue weighted by Crippen LogP contribution is 2.28. The van der Waals surface area contributed by atoms with Crippen LogP contribution in [0.2, 0.25) is 0 Å². The number of benzene rings is 1. The lowest BCUT2D eigenvalue weighted by atomic mass is 10.2. The molecule has 0 saturated heterocycles. The highest BCUT2D eigenvalue weighted by molar-refractivity contribution is 14.0. The fraction of sp³-hybridized carbons (Fsp3) is 0.474. The number of halogens is 1. The number of aliphatic imine (C=N–C) groups is 1. The van der Waals surface area contributed by atoms with Gasteiger partial charge in [0, 0.05) is 20.3 Å². The lowest BCUT2D eigenvalue weighted by molar-refractivity contribution is 0.461. The fourth-order valence-electron chi connectivity index (χ4n) is 3.12. The van der Waals surface area contributed by atoms with Crippen molar-refractivity contribution < 1.29 is 0 Å². The third kappa shape index (κ3) is 5.73. The summed E-state index contributed by atoms with van der Waals surface area (Å²) in [6.45, 7) is 1.38. The number of nitrogens with zero attached hydrogens (tertiary/aromatic N) is 4.